The van der Waals surface area contributed by atoms with Crippen LogP contribution in [0.5, 0.6) is 5.75 Å². The van der Waals surface area contributed by atoms with Gasteiger partial charge in [0.1, 0.15) is 5.54 Å². The first-order valence-electron chi connectivity index (χ1n) is 4.98. The first-order valence-corrected chi connectivity index (χ1v) is 5.77. The maximum absolute atomic E-state index is 13.7. The van der Waals surface area contributed by atoms with Crippen molar-refractivity contribution in [2.24, 2.45) is 4.99 Å². The third kappa shape index (κ3) is 1.77. The number of rotatable bonds is 2. The molecule has 0 bridgehead atoms. The molecule has 1 aliphatic carbocycles. The van der Waals surface area contributed by atoms with Crippen LogP contribution in [0.25, 0.3) is 0 Å². The lowest BCUT2D eigenvalue weighted by Gasteiger charge is -2.37. The van der Waals surface area contributed by atoms with E-state index in [0.29, 0.717) is 12.8 Å². The quantitative estimate of drug-likeness (QED) is 0.518. The zero-order chi connectivity index (χ0) is 12.6. The molecule has 0 unspecified atom stereocenters. The van der Waals surface area contributed by atoms with Gasteiger partial charge in [-0.1, -0.05) is 0 Å². The molecule has 0 aromatic heterocycles. The van der Waals surface area contributed by atoms with E-state index in [0.717, 1.165) is 6.42 Å². The van der Waals surface area contributed by atoms with Crippen LogP contribution in [-0.4, -0.2) is 11.2 Å². The summed E-state index contributed by atoms with van der Waals surface area (Å²) in [5, 5.41) is 9.23. The Balaban J connectivity index is 2.63. The zero-order valence-corrected chi connectivity index (χ0v) is 10.2. The lowest BCUT2D eigenvalue weighted by atomic mass is 9.72. The fraction of sp³-hybridized carbons (Fsp3) is 0.364. The molecular weight excluding hydrogens is 296 g/mol. The van der Waals surface area contributed by atoms with Crippen molar-refractivity contribution in [3.8, 4) is 5.75 Å². The van der Waals surface area contributed by atoms with Gasteiger partial charge in [-0.2, -0.15) is 9.38 Å². The second-order valence-corrected chi connectivity index (χ2v) is 4.83. The van der Waals surface area contributed by atoms with Crippen molar-refractivity contribution >= 4 is 22.0 Å². The predicted octanol–water partition coefficient (Wildman–Crippen LogP) is 3.15. The molecule has 1 aromatic carbocycles. The summed E-state index contributed by atoms with van der Waals surface area (Å²) in [6.07, 6.45) is 3.12. The van der Waals surface area contributed by atoms with Crippen LogP contribution < -0.4 is 0 Å². The summed E-state index contributed by atoms with van der Waals surface area (Å²) in [6, 6.07) is 1.26. The van der Waals surface area contributed by atoms with Crippen LogP contribution in [-0.2, 0) is 10.3 Å². The van der Waals surface area contributed by atoms with E-state index in [2.05, 4.69) is 20.9 Å². The molecule has 3 nitrogen and oxygen atoms in total. The number of hydrogen-bond donors (Lipinski definition) is 1. The number of phenolic OH excluding ortho intramolecular Hbond substituents is 1. The van der Waals surface area contributed by atoms with Crippen LogP contribution in [0.2, 0.25) is 0 Å². The molecule has 6 heteroatoms. The van der Waals surface area contributed by atoms with E-state index in [9.17, 15) is 18.7 Å². The van der Waals surface area contributed by atoms with Crippen molar-refractivity contribution < 1.29 is 18.7 Å². The second-order valence-electron chi connectivity index (χ2n) is 3.97. The van der Waals surface area contributed by atoms with Crippen molar-refractivity contribution in [2.75, 3.05) is 0 Å². The summed E-state index contributed by atoms with van der Waals surface area (Å²) in [5.74, 6) is -3.28. The van der Waals surface area contributed by atoms with E-state index in [-0.39, 0.29) is 10.0 Å². The van der Waals surface area contributed by atoms with Crippen LogP contribution in [0, 0.1) is 11.6 Å². The minimum atomic E-state index is -1.33. The lowest BCUT2D eigenvalue weighted by Crippen LogP contribution is -2.33. The van der Waals surface area contributed by atoms with E-state index in [1.165, 1.54) is 12.1 Å². The predicted molar refractivity (Wildman–Crippen MR) is 59.4 cm³/mol. The summed E-state index contributed by atoms with van der Waals surface area (Å²) in [6.45, 7) is 0. The van der Waals surface area contributed by atoms with Crippen LogP contribution in [0.3, 0.4) is 0 Å². The van der Waals surface area contributed by atoms with Crippen LogP contribution in [0.4, 0.5) is 8.78 Å². The zero-order valence-electron chi connectivity index (χ0n) is 8.64. The van der Waals surface area contributed by atoms with Crippen LogP contribution in [0.1, 0.15) is 24.8 Å². The minimum Gasteiger partial charge on any atom is -0.504 e. The molecule has 90 valence electrons. The van der Waals surface area contributed by atoms with Crippen molar-refractivity contribution in [2.45, 2.75) is 24.8 Å². The highest BCUT2D eigenvalue weighted by molar-refractivity contribution is 9.10. The highest BCUT2D eigenvalue weighted by Gasteiger charge is 2.42. The molecule has 1 saturated carbocycles. The SMILES string of the molecule is O=C=NC1(c2cc(Br)c(O)c(F)c2F)CCC1. The van der Waals surface area contributed by atoms with Gasteiger partial charge in [-0.15, -0.1) is 0 Å². The average molecular weight is 304 g/mol. The van der Waals surface area contributed by atoms with E-state index in [4.69, 9.17) is 0 Å². The van der Waals surface area contributed by atoms with Gasteiger partial charge < -0.3 is 5.11 Å². The number of aliphatic imine (C=N–C) groups is 1. The van der Waals surface area contributed by atoms with Crippen LogP contribution in [0.15, 0.2) is 15.5 Å². The number of carbonyl (C=O) groups excluding carboxylic acids is 1. The van der Waals surface area contributed by atoms with Gasteiger partial charge in [-0.3, -0.25) is 0 Å². The molecule has 17 heavy (non-hydrogen) atoms. The summed E-state index contributed by atoms with van der Waals surface area (Å²) >= 11 is 2.93. The number of hydrogen-bond acceptors (Lipinski definition) is 3. The van der Waals surface area contributed by atoms with E-state index in [1.54, 1.807) is 0 Å². The number of nitrogens with zero attached hydrogens (tertiary/aromatic N) is 1. The molecule has 0 saturated heterocycles. The third-order valence-corrected chi connectivity index (χ3v) is 3.68. The number of phenols is 1. The van der Waals surface area contributed by atoms with Gasteiger partial charge in [0, 0.05) is 5.56 Å². The Labute approximate surface area is 104 Å². The van der Waals surface area contributed by atoms with Gasteiger partial charge in [0.2, 0.25) is 11.9 Å². The van der Waals surface area contributed by atoms with Crippen LogP contribution >= 0.6 is 15.9 Å². The Morgan fingerprint density at radius 1 is 1.41 bits per heavy atom. The Morgan fingerprint density at radius 3 is 2.53 bits per heavy atom. The molecule has 0 radical (unpaired) electrons. The van der Waals surface area contributed by atoms with Gasteiger partial charge in [0.15, 0.2) is 11.6 Å². The molecule has 0 spiro atoms. The van der Waals surface area contributed by atoms with Gasteiger partial charge in [0.05, 0.1) is 4.47 Å². The molecule has 1 N–H and O–H groups in total. The van der Waals surface area contributed by atoms with Crippen molar-refractivity contribution in [1.82, 2.24) is 0 Å². The maximum atomic E-state index is 13.7. The van der Waals surface area contributed by atoms with Crippen molar-refractivity contribution in [3.05, 3.63) is 27.7 Å². The second kappa shape index (κ2) is 4.20. The Kier molecular flexibility index (Phi) is 3.02. The molecule has 2 rings (SSSR count). The molecule has 1 fully saturated rings. The molecule has 1 aliphatic rings. The molecular formula is C11H8BrF2NO2. The van der Waals surface area contributed by atoms with Crippen molar-refractivity contribution in [1.29, 1.82) is 0 Å². The lowest BCUT2D eigenvalue weighted by molar-refractivity contribution is 0.243. The van der Waals surface area contributed by atoms with E-state index < -0.39 is 22.9 Å². The summed E-state index contributed by atoms with van der Waals surface area (Å²) in [4.78, 5) is 14.0. The molecule has 0 amide bonds. The summed E-state index contributed by atoms with van der Waals surface area (Å²) in [5.41, 5.74) is -1.04. The first kappa shape index (κ1) is 12.2. The highest BCUT2D eigenvalue weighted by atomic mass is 79.9. The average Bonchev–Trinajstić information content (AvgIpc) is 2.26. The number of isocyanates is 1. The van der Waals surface area contributed by atoms with Gasteiger partial charge in [-0.05, 0) is 41.3 Å². The normalized spacial score (nSPS) is 17.1. The minimum absolute atomic E-state index is 0.0192. The van der Waals surface area contributed by atoms with E-state index >= 15 is 0 Å². The van der Waals surface area contributed by atoms with Gasteiger partial charge >= 0.3 is 0 Å². The molecule has 0 aliphatic heterocycles. The highest BCUT2D eigenvalue weighted by Crippen LogP contribution is 2.48. The first-order chi connectivity index (χ1) is 8.02. The Bertz CT molecular complexity index is 523. The number of aromatic hydroxyl groups is 1. The third-order valence-electron chi connectivity index (χ3n) is 3.08. The fourth-order valence-corrected chi connectivity index (χ4v) is 2.37. The molecule has 1 aromatic rings. The topological polar surface area (TPSA) is 49.7 Å². The monoisotopic (exact) mass is 303 g/mol. The summed E-state index contributed by atoms with van der Waals surface area (Å²) in [7, 11) is 0. The summed E-state index contributed by atoms with van der Waals surface area (Å²) < 4.78 is 27.2. The number of benzene rings is 1. The standard InChI is InChI=1S/C11H8BrF2NO2/c12-7-4-6(8(13)9(14)10(7)17)11(15-5-16)2-1-3-11/h4,17H,1-3H2. The van der Waals surface area contributed by atoms with Gasteiger partial charge in [0.25, 0.3) is 0 Å². The maximum Gasteiger partial charge on any atom is 0.235 e. The smallest absolute Gasteiger partial charge is 0.235 e. The van der Waals surface area contributed by atoms with Crippen molar-refractivity contribution in [3.63, 3.8) is 0 Å². The largest absolute Gasteiger partial charge is 0.504 e. The Morgan fingerprint density at radius 2 is 2.06 bits per heavy atom. The molecule has 0 atom stereocenters. The van der Waals surface area contributed by atoms with Gasteiger partial charge in [-0.25, -0.2) is 9.18 Å². The molecule has 0 heterocycles. The fourth-order valence-electron chi connectivity index (χ4n) is 1.96. The number of halogens is 3. The van der Waals surface area contributed by atoms with E-state index in [1.807, 2.05) is 0 Å². The Hall–Kier alpha value is -1.26.